The Balaban J connectivity index is 1.10. The predicted molar refractivity (Wildman–Crippen MR) is 201 cm³/mol. The summed E-state index contributed by atoms with van der Waals surface area (Å²) in [5.74, 6) is -0.361. The molecule has 5 amide bonds. The predicted octanol–water partition coefficient (Wildman–Crippen LogP) is 5.10. The molecule has 12 nitrogen and oxygen atoms in total. The normalized spacial score (nSPS) is 20.4. The average Bonchev–Trinajstić information content (AvgIpc) is 3.30. The van der Waals surface area contributed by atoms with Gasteiger partial charge in [0.25, 0.3) is 0 Å². The highest BCUT2D eigenvalue weighted by molar-refractivity contribution is 14.1. The Kier molecular flexibility index (Phi) is 12.3. The van der Waals surface area contributed by atoms with Crippen LogP contribution in [0.5, 0.6) is 0 Å². The number of benzene rings is 2. The van der Waals surface area contributed by atoms with Crippen molar-refractivity contribution in [3.05, 3.63) is 56.7 Å². The lowest BCUT2D eigenvalue weighted by Crippen LogP contribution is -2.57. The smallest absolute Gasteiger partial charge is 0.418 e. The van der Waals surface area contributed by atoms with Crippen LogP contribution in [0.25, 0.3) is 0 Å². The molecule has 288 valence electrons. The minimum absolute atomic E-state index is 0.0349. The molecule has 3 saturated heterocycles. The fourth-order valence-electron chi connectivity index (χ4n) is 8.41. The molecule has 0 spiro atoms. The van der Waals surface area contributed by atoms with Crippen LogP contribution in [0.3, 0.4) is 0 Å². The van der Waals surface area contributed by atoms with Crippen LogP contribution in [0.2, 0.25) is 0 Å². The van der Waals surface area contributed by atoms with Crippen LogP contribution >= 0.6 is 22.6 Å². The molecule has 5 N–H and O–H groups in total. The maximum absolute atomic E-state index is 14.1. The van der Waals surface area contributed by atoms with Crippen molar-refractivity contribution in [1.82, 2.24) is 24.9 Å². The number of fused-ring (bicyclic) bond motifs is 1. The van der Waals surface area contributed by atoms with Gasteiger partial charge in [0.15, 0.2) is 0 Å². The molecule has 53 heavy (non-hydrogen) atoms. The van der Waals surface area contributed by atoms with Gasteiger partial charge in [-0.15, -0.1) is 0 Å². The Morgan fingerprint density at radius 1 is 0.925 bits per heavy atom. The van der Waals surface area contributed by atoms with Crippen molar-refractivity contribution in [2.24, 2.45) is 11.8 Å². The second kappa shape index (κ2) is 16.7. The minimum atomic E-state index is -4.69. The molecule has 1 atom stereocenters. The maximum Gasteiger partial charge on any atom is 0.418 e. The molecule has 0 aliphatic carbocycles. The van der Waals surface area contributed by atoms with Crippen LogP contribution < -0.4 is 16.4 Å². The van der Waals surface area contributed by atoms with Crippen LogP contribution in [0.1, 0.15) is 55.2 Å². The molecule has 0 radical (unpaired) electrons. The number of hydrogen-bond acceptors (Lipinski definition) is 6. The summed E-state index contributed by atoms with van der Waals surface area (Å²) >= 11 is 1.76. The fourth-order valence-corrected chi connectivity index (χ4v) is 9.10. The number of aliphatic carboxylic acids is 1. The van der Waals surface area contributed by atoms with E-state index in [1.54, 1.807) is 32.4 Å². The standard InChI is InChI=1S/C37H47F3IN7O5/c38-37(39,40)28-19-23(20-29(41)33(28)42)21-31(34(51)46-14-7-25(8-15-46)24-5-12-45(13-6-24)22-32(49)50)44-35(52)47-16-10-27(11-17-47)48-18-9-26-3-1-2-4-30(26)43-36(48)53/h1-4,19-20,24-25,27,31H,5-18,21-22,42H2,(H,43,53)(H,44,52)(H,49,50)/t31-/m1/s1. The monoisotopic (exact) mass is 853 g/mol. The van der Waals surface area contributed by atoms with Gasteiger partial charge in [0, 0.05) is 54.4 Å². The number of nitrogens with zero attached hydrogens (tertiary/aromatic N) is 4. The number of para-hydroxylation sites is 1. The van der Waals surface area contributed by atoms with Crippen molar-refractivity contribution in [2.45, 2.75) is 69.6 Å². The van der Waals surface area contributed by atoms with E-state index in [1.165, 1.54) is 6.07 Å². The van der Waals surface area contributed by atoms with Crippen LogP contribution in [0.15, 0.2) is 36.4 Å². The molecule has 3 fully saturated rings. The topological polar surface area (TPSA) is 152 Å². The number of halogens is 4. The molecule has 4 aliphatic heterocycles. The number of carbonyl (C=O) groups is 4. The van der Waals surface area contributed by atoms with Gasteiger partial charge in [0.05, 0.1) is 17.8 Å². The molecule has 4 aliphatic rings. The lowest BCUT2D eigenvalue weighted by Gasteiger charge is -2.41. The Morgan fingerprint density at radius 2 is 1.55 bits per heavy atom. The summed E-state index contributed by atoms with van der Waals surface area (Å²) in [7, 11) is 0. The van der Waals surface area contributed by atoms with Crippen molar-refractivity contribution in [3.8, 4) is 0 Å². The van der Waals surface area contributed by atoms with E-state index in [1.807, 2.05) is 34.1 Å². The number of likely N-dealkylation sites (tertiary alicyclic amines) is 3. The van der Waals surface area contributed by atoms with Gasteiger partial charge < -0.3 is 36.2 Å². The molecule has 4 heterocycles. The van der Waals surface area contributed by atoms with E-state index in [0.29, 0.717) is 63.8 Å². The number of urea groups is 2. The molecular weight excluding hydrogens is 806 g/mol. The van der Waals surface area contributed by atoms with E-state index in [0.717, 1.165) is 56.1 Å². The zero-order chi connectivity index (χ0) is 37.9. The highest BCUT2D eigenvalue weighted by atomic mass is 127. The molecule has 0 aromatic heterocycles. The molecular formula is C37H47F3IN7O5. The van der Waals surface area contributed by atoms with E-state index in [4.69, 9.17) is 10.8 Å². The van der Waals surface area contributed by atoms with Crippen molar-refractivity contribution < 1.29 is 37.5 Å². The SMILES string of the molecule is Nc1c(I)cc(C[C@@H](NC(=O)N2CCC(N3CCc4ccccc4NC3=O)CC2)C(=O)N2CCC(C3CCN(CC(=O)O)CC3)CC2)cc1C(F)(F)F. The van der Waals surface area contributed by atoms with Gasteiger partial charge in [0.1, 0.15) is 6.04 Å². The van der Waals surface area contributed by atoms with E-state index < -0.39 is 29.8 Å². The number of piperidine rings is 3. The van der Waals surface area contributed by atoms with Gasteiger partial charge in [0.2, 0.25) is 5.91 Å². The number of anilines is 2. The van der Waals surface area contributed by atoms with Crippen molar-refractivity contribution in [1.29, 1.82) is 0 Å². The Bertz CT molecular complexity index is 1670. The number of nitrogens with one attached hydrogen (secondary N) is 2. The number of carbonyl (C=O) groups excluding carboxylic acids is 3. The maximum atomic E-state index is 14.1. The number of nitrogens with two attached hydrogens (primary N) is 1. The summed E-state index contributed by atoms with van der Waals surface area (Å²) in [5.41, 5.74) is 6.54. The average molecular weight is 854 g/mol. The first-order valence-electron chi connectivity index (χ1n) is 18.4. The number of hydrogen-bond donors (Lipinski definition) is 4. The van der Waals surface area contributed by atoms with Crippen LogP contribution in [0.4, 0.5) is 34.1 Å². The van der Waals surface area contributed by atoms with E-state index in [9.17, 15) is 32.3 Å². The van der Waals surface area contributed by atoms with E-state index in [-0.39, 0.29) is 45.8 Å². The second-order valence-electron chi connectivity index (χ2n) is 14.7. The summed E-state index contributed by atoms with van der Waals surface area (Å²) in [4.78, 5) is 59.2. The number of carboxylic acid groups (broad SMARTS) is 1. The highest BCUT2D eigenvalue weighted by Crippen LogP contribution is 2.37. The largest absolute Gasteiger partial charge is 0.480 e. The third kappa shape index (κ3) is 9.48. The first-order chi connectivity index (χ1) is 25.3. The van der Waals surface area contributed by atoms with Crippen LogP contribution in [-0.4, -0.2) is 113 Å². The summed E-state index contributed by atoms with van der Waals surface area (Å²) < 4.78 is 41.9. The van der Waals surface area contributed by atoms with Crippen molar-refractivity contribution >= 4 is 57.9 Å². The van der Waals surface area contributed by atoms with Gasteiger partial charge in [-0.25, -0.2) is 9.59 Å². The number of carboxylic acids is 1. The van der Waals surface area contributed by atoms with Gasteiger partial charge in [-0.05, 0) is 122 Å². The second-order valence-corrected chi connectivity index (χ2v) is 15.8. The molecule has 16 heteroatoms. The number of nitrogen functional groups attached to an aromatic ring is 1. The van der Waals surface area contributed by atoms with Crippen LogP contribution in [-0.2, 0) is 28.6 Å². The minimum Gasteiger partial charge on any atom is -0.480 e. The number of amides is 5. The lowest BCUT2D eigenvalue weighted by molar-refractivity contribution is -0.139. The molecule has 2 aromatic carbocycles. The Hall–Kier alpha value is -3.80. The zero-order valence-corrected chi connectivity index (χ0v) is 31.7. The fraction of sp³-hybridized carbons (Fsp3) is 0.568. The first kappa shape index (κ1) is 38.9. The summed E-state index contributed by atoms with van der Waals surface area (Å²) in [5, 5.41) is 15.0. The number of alkyl halides is 3. The van der Waals surface area contributed by atoms with Crippen molar-refractivity contribution in [3.63, 3.8) is 0 Å². The molecule has 0 saturated carbocycles. The lowest BCUT2D eigenvalue weighted by atomic mass is 9.78. The van der Waals surface area contributed by atoms with Crippen LogP contribution in [0, 0.1) is 15.4 Å². The quantitative estimate of drug-likeness (QED) is 0.213. The van der Waals surface area contributed by atoms with Gasteiger partial charge in [-0.3, -0.25) is 14.5 Å². The molecule has 6 rings (SSSR count). The number of rotatable bonds is 8. The molecule has 0 bridgehead atoms. The van der Waals surface area contributed by atoms with E-state index >= 15 is 0 Å². The third-order valence-electron chi connectivity index (χ3n) is 11.4. The first-order valence-corrected chi connectivity index (χ1v) is 19.4. The van der Waals surface area contributed by atoms with Gasteiger partial charge in [-0.2, -0.15) is 13.2 Å². The van der Waals surface area contributed by atoms with E-state index in [2.05, 4.69) is 10.6 Å². The Morgan fingerprint density at radius 3 is 2.19 bits per heavy atom. The van der Waals surface area contributed by atoms with Gasteiger partial charge >= 0.3 is 24.2 Å². The highest BCUT2D eigenvalue weighted by Gasteiger charge is 2.38. The summed E-state index contributed by atoms with van der Waals surface area (Å²) in [6.07, 6.45) is 0.287. The van der Waals surface area contributed by atoms with Crippen molar-refractivity contribution in [2.75, 3.05) is 63.4 Å². The third-order valence-corrected chi connectivity index (χ3v) is 12.3. The van der Waals surface area contributed by atoms with Gasteiger partial charge in [-0.1, -0.05) is 18.2 Å². The zero-order valence-electron chi connectivity index (χ0n) is 29.5. The summed E-state index contributed by atoms with van der Waals surface area (Å²) in [6.45, 7) is 3.66. The molecule has 0 unspecified atom stereocenters. The summed E-state index contributed by atoms with van der Waals surface area (Å²) in [6, 6.07) is 8.36. The molecule has 2 aromatic rings. The Labute approximate surface area is 320 Å².